The van der Waals surface area contributed by atoms with Gasteiger partial charge in [-0.15, -0.1) is 0 Å². The Balaban J connectivity index is 1.80. The molecule has 1 amide bonds. The number of benzene rings is 2. The number of hydrogen-bond donors (Lipinski definition) is 2. The van der Waals surface area contributed by atoms with Crippen molar-refractivity contribution in [3.8, 4) is 23.0 Å². The number of fused-ring (bicyclic) bond motifs is 1. The monoisotopic (exact) mass is 358 g/mol. The minimum atomic E-state index is -0.307. The van der Waals surface area contributed by atoms with E-state index in [0.717, 1.165) is 6.42 Å². The van der Waals surface area contributed by atoms with Crippen LogP contribution in [0.1, 0.15) is 30.6 Å². The van der Waals surface area contributed by atoms with Gasteiger partial charge in [0, 0.05) is 17.7 Å². The van der Waals surface area contributed by atoms with Gasteiger partial charge in [-0.2, -0.15) is 0 Å². The third-order valence-corrected chi connectivity index (χ3v) is 3.76. The number of nitrogen functional groups attached to an aromatic ring is 1. The summed E-state index contributed by atoms with van der Waals surface area (Å²) in [5, 5.41) is 2.79. The van der Waals surface area contributed by atoms with Crippen LogP contribution in [0.4, 0.5) is 11.4 Å². The van der Waals surface area contributed by atoms with E-state index in [0.29, 0.717) is 53.2 Å². The number of hydrogen-bond acceptors (Lipinski definition) is 6. The minimum Gasteiger partial charge on any atom is -0.490 e. The Morgan fingerprint density at radius 2 is 1.88 bits per heavy atom. The Hall–Kier alpha value is -3.09. The Bertz CT molecular complexity index is 807. The van der Waals surface area contributed by atoms with Gasteiger partial charge in [-0.05, 0) is 31.5 Å². The van der Waals surface area contributed by atoms with E-state index < -0.39 is 0 Å². The molecule has 0 spiro atoms. The third-order valence-electron chi connectivity index (χ3n) is 3.76. The molecule has 2 aromatic rings. The zero-order valence-corrected chi connectivity index (χ0v) is 14.8. The van der Waals surface area contributed by atoms with E-state index in [1.54, 1.807) is 30.3 Å². The Morgan fingerprint density at radius 1 is 1.12 bits per heavy atom. The summed E-state index contributed by atoms with van der Waals surface area (Å²) in [6.45, 7) is 5.10. The number of rotatable bonds is 7. The van der Waals surface area contributed by atoms with Crippen LogP contribution in [-0.4, -0.2) is 25.9 Å². The second-order valence-corrected chi connectivity index (χ2v) is 5.69. The van der Waals surface area contributed by atoms with E-state index in [9.17, 15) is 4.79 Å². The highest BCUT2D eigenvalue weighted by Crippen LogP contribution is 2.38. The number of ether oxygens (including phenoxy) is 4. The van der Waals surface area contributed by atoms with Crippen molar-refractivity contribution in [1.29, 1.82) is 0 Å². The van der Waals surface area contributed by atoms with Gasteiger partial charge in [0.25, 0.3) is 5.91 Å². The van der Waals surface area contributed by atoms with Crippen LogP contribution in [0.25, 0.3) is 0 Å². The van der Waals surface area contributed by atoms with Gasteiger partial charge >= 0.3 is 0 Å². The highest BCUT2D eigenvalue weighted by Gasteiger charge is 2.18. The molecule has 3 rings (SSSR count). The van der Waals surface area contributed by atoms with Crippen LogP contribution in [0.2, 0.25) is 0 Å². The van der Waals surface area contributed by atoms with Gasteiger partial charge in [0.15, 0.2) is 23.0 Å². The first kappa shape index (κ1) is 17.7. The maximum Gasteiger partial charge on any atom is 0.255 e. The zero-order chi connectivity index (χ0) is 18.5. The summed E-state index contributed by atoms with van der Waals surface area (Å²) in [6.07, 6.45) is 0.886. The zero-order valence-electron chi connectivity index (χ0n) is 14.8. The first-order valence-electron chi connectivity index (χ1n) is 8.52. The van der Waals surface area contributed by atoms with Gasteiger partial charge in [-0.3, -0.25) is 4.79 Å². The van der Waals surface area contributed by atoms with E-state index in [1.165, 1.54) is 0 Å². The summed E-state index contributed by atoms with van der Waals surface area (Å²) in [4.78, 5) is 12.6. The quantitative estimate of drug-likeness (QED) is 0.737. The van der Waals surface area contributed by atoms with Crippen molar-refractivity contribution in [2.45, 2.75) is 20.3 Å². The van der Waals surface area contributed by atoms with E-state index in [2.05, 4.69) is 5.32 Å². The fourth-order valence-corrected chi connectivity index (χ4v) is 2.51. The van der Waals surface area contributed by atoms with Crippen LogP contribution in [0.15, 0.2) is 30.3 Å². The molecule has 0 saturated carbocycles. The van der Waals surface area contributed by atoms with Gasteiger partial charge in [0.2, 0.25) is 6.79 Å². The number of anilines is 2. The highest BCUT2D eigenvalue weighted by molar-refractivity contribution is 6.06. The molecule has 26 heavy (non-hydrogen) atoms. The summed E-state index contributed by atoms with van der Waals surface area (Å²) < 4.78 is 21.8. The topological polar surface area (TPSA) is 92.0 Å². The van der Waals surface area contributed by atoms with Crippen molar-refractivity contribution in [3.05, 3.63) is 35.9 Å². The van der Waals surface area contributed by atoms with Crippen molar-refractivity contribution in [2.75, 3.05) is 31.1 Å². The summed E-state index contributed by atoms with van der Waals surface area (Å²) in [5.74, 6) is 1.96. The first-order valence-corrected chi connectivity index (χ1v) is 8.52. The molecule has 1 aliphatic heterocycles. The molecule has 2 aromatic carbocycles. The number of amides is 1. The number of nitrogens with two attached hydrogens (primary N) is 1. The maximum atomic E-state index is 12.6. The van der Waals surface area contributed by atoms with Gasteiger partial charge in [-0.25, -0.2) is 0 Å². The maximum absolute atomic E-state index is 12.6. The number of nitrogens with one attached hydrogen (secondary N) is 1. The van der Waals surface area contributed by atoms with Crippen LogP contribution in [0, 0.1) is 0 Å². The molecule has 0 radical (unpaired) electrons. The Labute approximate surface area is 152 Å². The smallest absolute Gasteiger partial charge is 0.255 e. The molecule has 0 atom stereocenters. The van der Waals surface area contributed by atoms with Crippen molar-refractivity contribution >= 4 is 17.3 Å². The Kier molecular flexibility index (Phi) is 5.36. The Morgan fingerprint density at radius 3 is 2.62 bits per heavy atom. The summed E-state index contributed by atoms with van der Waals surface area (Å²) in [7, 11) is 0. The molecular weight excluding hydrogens is 336 g/mol. The molecule has 0 fully saturated rings. The van der Waals surface area contributed by atoms with Crippen molar-refractivity contribution < 1.29 is 23.7 Å². The molecule has 1 heterocycles. The van der Waals surface area contributed by atoms with Crippen molar-refractivity contribution in [3.63, 3.8) is 0 Å². The molecule has 7 heteroatoms. The standard InChI is InChI=1S/C19H22N2O5/c1-3-7-24-15-6-5-12(8-16(15)23-4-2)19(22)21-14-10-18-17(9-13(14)20)25-11-26-18/h5-6,8-10H,3-4,7,11,20H2,1-2H3,(H,21,22). The second kappa shape index (κ2) is 7.86. The fourth-order valence-electron chi connectivity index (χ4n) is 2.51. The third kappa shape index (κ3) is 3.77. The van der Waals surface area contributed by atoms with Crippen LogP contribution < -0.4 is 30.0 Å². The first-order chi connectivity index (χ1) is 12.6. The van der Waals surface area contributed by atoms with Crippen molar-refractivity contribution in [2.24, 2.45) is 0 Å². The molecule has 3 N–H and O–H groups in total. The fraction of sp³-hybridized carbons (Fsp3) is 0.316. The second-order valence-electron chi connectivity index (χ2n) is 5.69. The largest absolute Gasteiger partial charge is 0.490 e. The predicted octanol–water partition coefficient (Wildman–Crippen LogP) is 3.44. The van der Waals surface area contributed by atoms with Gasteiger partial charge in [-0.1, -0.05) is 6.92 Å². The lowest BCUT2D eigenvalue weighted by Gasteiger charge is -2.14. The predicted molar refractivity (Wildman–Crippen MR) is 98.3 cm³/mol. The van der Waals surface area contributed by atoms with Crippen LogP contribution >= 0.6 is 0 Å². The van der Waals surface area contributed by atoms with E-state index in [1.807, 2.05) is 13.8 Å². The van der Waals surface area contributed by atoms with Crippen LogP contribution in [0.3, 0.4) is 0 Å². The lowest BCUT2D eigenvalue weighted by molar-refractivity contribution is 0.102. The van der Waals surface area contributed by atoms with Crippen LogP contribution in [0.5, 0.6) is 23.0 Å². The highest BCUT2D eigenvalue weighted by atomic mass is 16.7. The number of carbonyl (C=O) groups is 1. The molecule has 0 aromatic heterocycles. The molecule has 1 aliphatic rings. The van der Waals surface area contributed by atoms with Crippen molar-refractivity contribution in [1.82, 2.24) is 0 Å². The van der Waals surface area contributed by atoms with Gasteiger partial charge < -0.3 is 30.0 Å². The number of carbonyl (C=O) groups excluding carboxylic acids is 1. The van der Waals surface area contributed by atoms with Crippen LogP contribution in [-0.2, 0) is 0 Å². The normalized spacial score (nSPS) is 11.9. The lowest BCUT2D eigenvalue weighted by Crippen LogP contribution is -2.13. The van der Waals surface area contributed by atoms with E-state index >= 15 is 0 Å². The molecule has 7 nitrogen and oxygen atoms in total. The average Bonchev–Trinajstić information content (AvgIpc) is 3.08. The summed E-state index contributed by atoms with van der Waals surface area (Å²) in [5.41, 5.74) is 7.28. The van der Waals surface area contributed by atoms with Gasteiger partial charge in [0.1, 0.15) is 0 Å². The minimum absolute atomic E-state index is 0.142. The molecule has 0 saturated heterocycles. The average molecular weight is 358 g/mol. The molecule has 0 unspecified atom stereocenters. The SMILES string of the molecule is CCCOc1ccc(C(=O)Nc2cc3c(cc2N)OCO3)cc1OCC. The van der Waals surface area contributed by atoms with E-state index in [-0.39, 0.29) is 12.7 Å². The molecule has 138 valence electrons. The molecule has 0 aliphatic carbocycles. The van der Waals surface area contributed by atoms with E-state index in [4.69, 9.17) is 24.7 Å². The molecule has 0 bridgehead atoms. The molecular formula is C19H22N2O5. The lowest BCUT2D eigenvalue weighted by atomic mass is 10.1. The van der Waals surface area contributed by atoms with Gasteiger partial charge in [0.05, 0.1) is 24.6 Å². The summed E-state index contributed by atoms with van der Waals surface area (Å²) in [6, 6.07) is 8.36. The summed E-state index contributed by atoms with van der Waals surface area (Å²) >= 11 is 0.